The number of oxazole rings is 1. The van der Waals surface area contributed by atoms with Crippen molar-refractivity contribution in [1.82, 2.24) is 10.3 Å². The van der Waals surface area contributed by atoms with Crippen LogP contribution in [-0.2, 0) is 6.54 Å². The Balaban J connectivity index is 1.82. The van der Waals surface area contributed by atoms with Gasteiger partial charge < -0.3 is 14.5 Å². The molecule has 2 aromatic rings. The van der Waals surface area contributed by atoms with Gasteiger partial charge in [0.2, 0.25) is 5.89 Å². The summed E-state index contributed by atoms with van der Waals surface area (Å²) in [5.74, 6) is 2.29. The quantitative estimate of drug-likeness (QED) is 0.895. The standard InChI is InChI=1S/C15H18N2O2/c1-10-3-6-13(18-2)12(7-10)14-8-17-15(19-14)9-16-11-4-5-11/h3,6-8,11,16H,4-5,9H2,1-2H3. The van der Waals surface area contributed by atoms with Gasteiger partial charge in [-0.1, -0.05) is 11.6 Å². The molecule has 0 spiro atoms. The van der Waals surface area contributed by atoms with Crippen LogP contribution in [0.5, 0.6) is 5.75 Å². The minimum atomic E-state index is 0.656. The molecule has 1 saturated carbocycles. The first-order valence-electron chi connectivity index (χ1n) is 6.59. The van der Waals surface area contributed by atoms with E-state index in [0.717, 1.165) is 23.0 Å². The topological polar surface area (TPSA) is 47.3 Å². The Morgan fingerprint density at radius 1 is 1.42 bits per heavy atom. The summed E-state index contributed by atoms with van der Waals surface area (Å²) in [7, 11) is 1.67. The minimum Gasteiger partial charge on any atom is -0.496 e. The fraction of sp³-hybridized carbons (Fsp3) is 0.400. The fourth-order valence-electron chi connectivity index (χ4n) is 2.05. The maximum atomic E-state index is 5.79. The average molecular weight is 258 g/mol. The Morgan fingerprint density at radius 3 is 3.00 bits per heavy atom. The van der Waals surface area contributed by atoms with E-state index in [-0.39, 0.29) is 0 Å². The maximum Gasteiger partial charge on any atom is 0.208 e. The maximum absolute atomic E-state index is 5.79. The molecule has 1 aromatic carbocycles. The van der Waals surface area contributed by atoms with Crippen LogP contribution >= 0.6 is 0 Å². The molecule has 1 aliphatic rings. The van der Waals surface area contributed by atoms with Crippen LogP contribution < -0.4 is 10.1 Å². The highest BCUT2D eigenvalue weighted by Crippen LogP contribution is 2.31. The van der Waals surface area contributed by atoms with E-state index in [9.17, 15) is 0 Å². The van der Waals surface area contributed by atoms with Crippen molar-refractivity contribution < 1.29 is 9.15 Å². The van der Waals surface area contributed by atoms with E-state index < -0.39 is 0 Å². The SMILES string of the molecule is COc1ccc(C)cc1-c1cnc(CNC2CC2)o1. The van der Waals surface area contributed by atoms with Crippen molar-refractivity contribution in [3.8, 4) is 17.1 Å². The lowest BCUT2D eigenvalue weighted by Crippen LogP contribution is -2.15. The molecule has 0 radical (unpaired) electrons. The third kappa shape index (κ3) is 2.79. The molecule has 1 N–H and O–H groups in total. The molecule has 1 heterocycles. The van der Waals surface area contributed by atoms with Gasteiger partial charge in [-0.05, 0) is 31.9 Å². The lowest BCUT2D eigenvalue weighted by atomic mass is 10.1. The summed E-state index contributed by atoms with van der Waals surface area (Å²) in [6, 6.07) is 6.69. The second kappa shape index (κ2) is 5.05. The number of aryl methyl sites for hydroxylation is 1. The number of hydrogen-bond acceptors (Lipinski definition) is 4. The lowest BCUT2D eigenvalue weighted by Gasteiger charge is -2.06. The Morgan fingerprint density at radius 2 is 2.26 bits per heavy atom. The zero-order chi connectivity index (χ0) is 13.2. The van der Waals surface area contributed by atoms with E-state index in [1.54, 1.807) is 13.3 Å². The summed E-state index contributed by atoms with van der Waals surface area (Å²) in [6.07, 6.45) is 4.29. The van der Waals surface area contributed by atoms with Crippen LogP contribution in [0.2, 0.25) is 0 Å². The van der Waals surface area contributed by atoms with Crippen LogP contribution in [0, 0.1) is 6.92 Å². The van der Waals surface area contributed by atoms with E-state index in [4.69, 9.17) is 9.15 Å². The molecular formula is C15H18N2O2. The van der Waals surface area contributed by atoms with Gasteiger partial charge in [0, 0.05) is 6.04 Å². The van der Waals surface area contributed by atoms with Gasteiger partial charge in [0.1, 0.15) is 5.75 Å². The van der Waals surface area contributed by atoms with Gasteiger partial charge in [0.15, 0.2) is 5.76 Å². The van der Waals surface area contributed by atoms with E-state index in [1.165, 1.54) is 18.4 Å². The Labute approximate surface area is 112 Å². The predicted molar refractivity (Wildman–Crippen MR) is 73.1 cm³/mol. The van der Waals surface area contributed by atoms with Gasteiger partial charge in [0.05, 0.1) is 25.4 Å². The molecule has 0 amide bonds. The summed E-state index contributed by atoms with van der Waals surface area (Å²) < 4.78 is 11.2. The normalized spacial score (nSPS) is 14.6. The van der Waals surface area contributed by atoms with Crippen LogP contribution in [-0.4, -0.2) is 18.1 Å². The number of rotatable bonds is 5. The second-order valence-electron chi connectivity index (χ2n) is 4.98. The third-order valence-electron chi connectivity index (χ3n) is 3.29. The monoisotopic (exact) mass is 258 g/mol. The van der Waals surface area contributed by atoms with Gasteiger partial charge in [-0.25, -0.2) is 4.98 Å². The van der Waals surface area contributed by atoms with Crippen molar-refractivity contribution in [2.24, 2.45) is 0 Å². The largest absolute Gasteiger partial charge is 0.496 e. The molecule has 4 nitrogen and oxygen atoms in total. The molecule has 0 bridgehead atoms. The molecule has 0 saturated heterocycles. The highest BCUT2D eigenvalue weighted by molar-refractivity contribution is 5.66. The molecule has 100 valence electrons. The van der Waals surface area contributed by atoms with Crippen molar-refractivity contribution >= 4 is 0 Å². The fourth-order valence-corrected chi connectivity index (χ4v) is 2.05. The van der Waals surface area contributed by atoms with Crippen LogP contribution in [0.4, 0.5) is 0 Å². The molecular weight excluding hydrogens is 240 g/mol. The van der Waals surface area contributed by atoms with Crippen molar-refractivity contribution in [1.29, 1.82) is 0 Å². The number of aromatic nitrogens is 1. The summed E-state index contributed by atoms with van der Waals surface area (Å²) in [5, 5.41) is 3.39. The Bertz CT molecular complexity index is 573. The lowest BCUT2D eigenvalue weighted by molar-refractivity contribution is 0.413. The Kier molecular flexibility index (Phi) is 3.25. The molecule has 3 rings (SSSR count). The van der Waals surface area contributed by atoms with Crippen LogP contribution in [0.15, 0.2) is 28.8 Å². The predicted octanol–water partition coefficient (Wildman–Crippen LogP) is 2.91. The number of nitrogens with zero attached hydrogens (tertiary/aromatic N) is 1. The average Bonchev–Trinajstić information content (AvgIpc) is 3.13. The molecule has 0 atom stereocenters. The summed E-state index contributed by atoms with van der Waals surface area (Å²) in [4.78, 5) is 4.31. The van der Waals surface area contributed by atoms with Crippen LogP contribution in [0.25, 0.3) is 11.3 Å². The minimum absolute atomic E-state index is 0.656. The smallest absolute Gasteiger partial charge is 0.208 e. The van der Waals surface area contributed by atoms with Crippen molar-refractivity contribution in [3.05, 3.63) is 35.9 Å². The van der Waals surface area contributed by atoms with Gasteiger partial charge in [-0.15, -0.1) is 0 Å². The van der Waals surface area contributed by atoms with Crippen molar-refractivity contribution in [2.45, 2.75) is 32.4 Å². The molecule has 0 unspecified atom stereocenters. The van der Waals surface area contributed by atoms with Crippen LogP contribution in [0.3, 0.4) is 0 Å². The molecule has 0 aliphatic heterocycles. The van der Waals surface area contributed by atoms with Crippen LogP contribution in [0.1, 0.15) is 24.3 Å². The highest BCUT2D eigenvalue weighted by Gasteiger charge is 2.21. The van der Waals surface area contributed by atoms with Gasteiger partial charge in [0.25, 0.3) is 0 Å². The highest BCUT2D eigenvalue weighted by atomic mass is 16.5. The summed E-state index contributed by atoms with van der Waals surface area (Å²) in [5.41, 5.74) is 2.12. The molecule has 1 fully saturated rings. The third-order valence-corrected chi connectivity index (χ3v) is 3.29. The first-order chi connectivity index (χ1) is 9.26. The first-order valence-corrected chi connectivity index (χ1v) is 6.59. The zero-order valence-electron chi connectivity index (χ0n) is 11.3. The van der Waals surface area contributed by atoms with E-state index in [0.29, 0.717) is 12.6 Å². The number of hydrogen-bond donors (Lipinski definition) is 1. The number of nitrogens with one attached hydrogen (secondary N) is 1. The molecule has 4 heteroatoms. The first kappa shape index (κ1) is 12.2. The molecule has 1 aromatic heterocycles. The van der Waals surface area contributed by atoms with E-state index >= 15 is 0 Å². The molecule has 19 heavy (non-hydrogen) atoms. The zero-order valence-corrected chi connectivity index (χ0v) is 11.3. The summed E-state index contributed by atoms with van der Waals surface area (Å²) in [6.45, 7) is 2.74. The van der Waals surface area contributed by atoms with Gasteiger partial charge >= 0.3 is 0 Å². The Hall–Kier alpha value is -1.81. The van der Waals surface area contributed by atoms with E-state index in [2.05, 4.69) is 23.3 Å². The number of ether oxygens (including phenoxy) is 1. The number of methoxy groups -OCH3 is 1. The van der Waals surface area contributed by atoms with E-state index in [1.807, 2.05) is 12.1 Å². The van der Waals surface area contributed by atoms with Gasteiger partial charge in [-0.3, -0.25) is 0 Å². The second-order valence-corrected chi connectivity index (χ2v) is 4.98. The van der Waals surface area contributed by atoms with Crippen molar-refractivity contribution in [3.63, 3.8) is 0 Å². The van der Waals surface area contributed by atoms with Crippen molar-refractivity contribution in [2.75, 3.05) is 7.11 Å². The van der Waals surface area contributed by atoms with Gasteiger partial charge in [-0.2, -0.15) is 0 Å². The molecule has 1 aliphatic carbocycles. The number of benzene rings is 1. The summed E-state index contributed by atoms with van der Waals surface area (Å²) >= 11 is 0.